The highest BCUT2D eigenvalue weighted by Gasteiger charge is 2.16. The van der Waals surface area contributed by atoms with Crippen LogP contribution >= 0.6 is 0 Å². The third kappa shape index (κ3) is 4.73. The molecule has 4 N–H and O–H groups in total. The van der Waals surface area contributed by atoms with Crippen LogP contribution in [0.3, 0.4) is 0 Å². The SMILES string of the molecule is N#CN=C(N)N(CCN(C(N)=NC#N)c1ccccc1)c1ccccc1. The van der Waals surface area contributed by atoms with E-state index >= 15 is 0 Å². The summed E-state index contributed by atoms with van der Waals surface area (Å²) in [5, 5.41) is 17.6. The number of hydrogen-bond acceptors (Lipinski definition) is 4. The molecule has 0 spiro atoms. The molecule has 0 bridgehead atoms. The summed E-state index contributed by atoms with van der Waals surface area (Å²) in [5.74, 6) is 0.144. The lowest BCUT2D eigenvalue weighted by molar-refractivity contribution is 0.905. The third-order valence-corrected chi connectivity index (χ3v) is 3.57. The molecule has 0 aliphatic carbocycles. The van der Waals surface area contributed by atoms with Crippen LogP contribution in [-0.4, -0.2) is 25.0 Å². The van der Waals surface area contributed by atoms with Gasteiger partial charge in [-0.1, -0.05) is 36.4 Å². The number of aliphatic imine (C=N–C) groups is 2. The van der Waals surface area contributed by atoms with Crippen molar-refractivity contribution in [3.63, 3.8) is 0 Å². The summed E-state index contributed by atoms with van der Waals surface area (Å²) in [6, 6.07) is 18.7. The number of nitrogens with two attached hydrogens (primary N) is 2. The molecule has 0 atom stereocenters. The molecule has 8 heteroatoms. The highest BCUT2D eigenvalue weighted by atomic mass is 15.3. The first-order valence-electron chi connectivity index (χ1n) is 7.77. The molecule has 0 unspecified atom stereocenters. The Hall–Kier alpha value is -4.04. The Balaban J connectivity index is 2.29. The van der Waals surface area contributed by atoms with Gasteiger partial charge in [0.1, 0.15) is 0 Å². The molecule has 8 nitrogen and oxygen atoms in total. The summed E-state index contributed by atoms with van der Waals surface area (Å²) in [5.41, 5.74) is 13.5. The maximum atomic E-state index is 8.82. The first-order chi connectivity index (χ1) is 12.7. The number of nitrogens with zero attached hydrogens (tertiary/aromatic N) is 6. The normalized spacial score (nSPS) is 11.3. The van der Waals surface area contributed by atoms with E-state index in [4.69, 9.17) is 22.0 Å². The lowest BCUT2D eigenvalue weighted by atomic mass is 10.2. The minimum Gasteiger partial charge on any atom is -0.369 e. The van der Waals surface area contributed by atoms with Gasteiger partial charge in [-0.15, -0.1) is 9.98 Å². The fraction of sp³-hybridized carbons (Fsp3) is 0.111. The molecule has 26 heavy (non-hydrogen) atoms. The van der Waals surface area contributed by atoms with Crippen molar-refractivity contribution < 1.29 is 0 Å². The second-order valence-corrected chi connectivity index (χ2v) is 5.11. The second kappa shape index (κ2) is 9.30. The van der Waals surface area contributed by atoms with Crippen molar-refractivity contribution in [2.45, 2.75) is 0 Å². The van der Waals surface area contributed by atoms with Gasteiger partial charge in [0.25, 0.3) is 0 Å². The molecule has 0 amide bonds. The van der Waals surface area contributed by atoms with E-state index in [2.05, 4.69) is 9.98 Å². The van der Waals surface area contributed by atoms with Crippen LogP contribution in [0.1, 0.15) is 0 Å². The molecule has 0 aliphatic heterocycles. The molecule has 0 saturated heterocycles. The van der Waals surface area contributed by atoms with E-state index in [0.29, 0.717) is 13.1 Å². The van der Waals surface area contributed by atoms with Gasteiger partial charge in [-0.2, -0.15) is 10.5 Å². The Morgan fingerprint density at radius 1 is 0.731 bits per heavy atom. The smallest absolute Gasteiger partial charge is 0.211 e. The molecule has 130 valence electrons. The van der Waals surface area contributed by atoms with Crippen molar-refractivity contribution in [3.05, 3.63) is 60.7 Å². The number of para-hydroxylation sites is 2. The predicted octanol–water partition coefficient (Wildman–Crippen LogP) is 1.59. The average molecular weight is 346 g/mol. The van der Waals surface area contributed by atoms with Gasteiger partial charge in [0.05, 0.1) is 0 Å². The van der Waals surface area contributed by atoms with Crippen molar-refractivity contribution in [1.82, 2.24) is 0 Å². The molecule has 2 rings (SSSR count). The summed E-state index contributed by atoms with van der Waals surface area (Å²) in [6.45, 7) is 0.745. The third-order valence-electron chi connectivity index (χ3n) is 3.57. The first-order valence-corrected chi connectivity index (χ1v) is 7.77. The van der Waals surface area contributed by atoms with E-state index in [1.54, 1.807) is 22.2 Å². The minimum absolute atomic E-state index is 0.0718. The molecule has 2 aromatic carbocycles. The quantitative estimate of drug-likeness (QED) is 0.480. The maximum absolute atomic E-state index is 8.82. The van der Waals surface area contributed by atoms with E-state index in [1.807, 2.05) is 60.7 Å². The Morgan fingerprint density at radius 2 is 1.08 bits per heavy atom. The lowest BCUT2D eigenvalue weighted by Gasteiger charge is -2.28. The minimum atomic E-state index is 0.0718. The number of hydrogen-bond donors (Lipinski definition) is 2. The zero-order chi connectivity index (χ0) is 18.8. The van der Waals surface area contributed by atoms with Crippen LogP contribution in [0.2, 0.25) is 0 Å². The van der Waals surface area contributed by atoms with Gasteiger partial charge in [0.2, 0.25) is 24.3 Å². The van der Waals surface area contributed by atoms with Crippen molar-refractivity contribution in [2.24, 2.45) is 21.5 Å². The van der Waals surface area contributed by atoms with Gasteiger partial charge >= 0.3 is 0 Å². The van der Waals surface area contributed by atoms with Crippen molar-refractivity contribution in [1.29, 1.82) is 10.5 Å². The first kappa shape index (κ1) is 18.3. The fourth-order valence-electron chi connectivity index (χ4n) is 2.39. The van der Waals surface area contributed by atoms with E-state index in [9.17, 15) is 0 Å². The van der Waals surface area contributed by atoms with Crippen LogP contribution in [0, 0.1) is 22.9 Å². The monoisotopic (exact) mass is 346 g/mol. The van der Waals surface area contributed by atoms with Gasteiger partial charge in [0.15, 0.2) is 0 Å². The number of nitriles is 2. The van der Waals surface area contributed by atoms with Crippen LogP contribution < -0.4 is 21.3 Å². The Kier molecular flexibility index (Phi) is 6.55. The van der Waals surface area contributed by atoms with Gasteiger partial charge in [-0.3, -0.25) is 0 Å². The van der Waals surface area contributed by atoms with E-state index in [1.165, 1.54) is 0 Å². The van der Waals surface area contributed by atoms with Gasteiger partial charge < -0.3 is 21.3 Å². The maximum Gasteiger partial charge on any atom is 0.211 e. The Morgan fingerprint density at radius 3 is 1.38 bits per heavy atom. The molecular weight excluding hydrogens is 328 g/mol. The van der Waals surface area contributed by atoms with Crippen LogP contribution in [-0.2, 0) is 0 Å². The number of anilines is 2. The summed E-state index contributed by atoms with van der Waals surface area (Å²) in [7, 11) is 0. The van der Waals surface area contributed by atoms with Gasteiger partial charge in [-0.25, -0.2) is 0 Å². The molecule has 0 radical (unpaired) electrons. The van der Waals surface area contributed by atoms with E-state index in [0.717, 1.165) is 11.4 Å². The molecule has 0 heterocycles. The standard InChI is InChI=1S/C18H18N8/c19-13-23-17(21)25(15-7-3-1-4-8-15)11-12-26(18(22)24-14-20)16-9-5-2-6-10-16/h1-10H,11-12H2,(H2,21,23)(H2,22,24). The van der Waals surface area contributed by atoms with Crippen molar-refractivity contribution in [3.8, 4) is 12.4 Å². The number of rotatable bonds is 5. The summed E-state index contributed by atoms with van der Waals surface area (Å²) >= 11 is 0. The summed E-state index contributed by atoms with van der Waals surface area (Å²) < 4.78 is 0. The van der Waals surface area contributed by atoms with Gasteiger partial charge in [-0.05, 0) is 24.3 Å². The summed E-state index contributed by atoms with van der Waals surface area (Å²) in [6.07, 6.45) is 3.39. The van der Waals surface area contributed by atoms with E-state index < -0.39 is 0 Å². The largest absolute Gasteiger partial charge is 0.369 e. The van der Waals surface area contributed by atoms with Crippen LogP contribution in [0.25, 0.3) is 0 Å². The highest BCUT2D eigenvalue weighted by molar-refractivity contribution is 5.97. The highest BCUT2D eigenvalue weighted by Crippen LogP contribution is 2.16. The Labute approximate surface area is 151 Å². The number of benzene rings is 2. The molecule has 0 aromatic heterocycles. The molecule has 2 aromatic rings. The molecular formula is C18H18N8. The Bertz CT molecular complexity index is 773. The summed E-state index contributed by atoms with van der Waals surface area (Å²) in [4.78, 5) is 10.6. The van der Waals surface area contributed by atoms with Crippen molar-refractivity contribution >= 4 is 23.3 Å². The second-order valence-electron chi connectivity index (χ2n) is 5.11. The predicted molar refractivity (Wildman–Crippen MR) is 102 cm³/mol. The zero-order valence-electron chi connectivity index (χ0n) is 14.0. The molecule has 0 aliphatic rings. The topological polar surface area (TPSA) is 131 Å². The van der Waals surface area contributed by atoms with E-state index in [-0.39, 0.29) is 11.9 Å². The molecule has 0 fully saturated rings. The van der Waals surface area contributed by atoms with Crippen molar-refractivity contribution in [2.75, 3.05) is 22.9 Å². The average Bonchev–Trinajstić information content (AvgIpc) is 2.67. The number of guanidine groups is 2. The van der Waals surface area contributed by atoms with Crippen LogP contribution in [0.4, 0.5) is 11.4 Å². The molecule has 0 saturated carbocycles. The lowest BCUT2D eigenvalue weighted by Crippen LogP contribution is -2.46. The van der Waals surface area contributed by atoms with Crippen LogP contribution in [0.5, 0.6) is 0 Å². The van der Waals surface area contributed by atoms with Gasteiger partial charge in [0, 0.05) is 24.5 Å². The van der Waals surface area contributed by atoms with Crippen LogP contribution in [0.15, 0.2) is 70.6 Å². The fourth-order valence-corrected chi connectivity index (χ4v) is 2.39. The zero-order valence-corrected chi connectivity index (χ0v) is 14.0.